The normalized spacial score (nSPS) is 33.3. The van der Waals surface area contributed by atoms with Gasteiger partial charge in [0, 0.05) is 19.5 Å². The molecule has 2 aliphatic rings. The summed E-state index contributed by atoms with van der Waals surface area (Å²) in [6, 6.07) is 0. The summed E-state index contributed by atoms with van der Waals surface area (Å²) < 4.78 is 0. The quantitative estimate of drug-likeness (QED) is 0.714. The minimum absolute atomic E-state index is 0.201. The zero-order chi connectivity index (χ0) is 10.7. The molecule has 0 spiro atoms. The molecule has 3 nitrogen and oxygen atoms in total. The number of carbonyl (C=O) groups excluding carboxylic acids is 1. The van der Waals surface area contributed by atoms with Crippen LogP contribution in [0.1, 0.15) is 32.1 Å². The van der Waals surface area contributed by atoms with E-state index < -0.39 is 0 Å². The fraction of sp³-hybridized carbons (Fsp3) is 0.917. The van der Waals surface area contributed by atoms with Crippen LogP contribution >= 0.6 is 0 Å². The van der Waals surface area contributed by atoms with Gasteiger partial charge < -0.3 is 10.6 Å². The van der Waals surface area contributed by atoms with E-state index in [9.17, 15) is 4.79 Å². The van der Waals surface area contributed by atoms with Crippen LogP contribution in [0.3, 0.4) is 0 Å². The average Bonchev–Trinajstić information content (AvgIpc) is 2.84. The Morgan fingerprint density at radius 3 is 2.80 bits per heavy atom. The van der Waals surface area contributed by atoms with E-state index in [1.54, 1.807) is 0 Å². The summed E-state index contributed by atoms with van der Waals surface area (Å²) in [7, 11) is 1.88. The Hall–Kier alpha value is -0.570. The predicted molar refractivity (Wildman–Crippen MR) is 60.5 cm³/mol. The molecule has 0 aromatic heterocycles. The molecular formula is C12H22N2O. The highest BCUT2D eigenvalue weighted by atomic mass is 16.1. The molecule has 2 fully saturated rings. The van der Waals surface area contributed by atoms with Gasteiger partial charge in [-0.2, -0.15) is 0 Å². The molecule has 15 heavy (non-hydrogen) atoms. The molecule has 0 aromatic carbocycles. The Balaban J connectivity index is 1.64. The van der Waals surface area contributed by atoms with Crippen molar-refractivity contribution in [2.24, 2.45) is 17.8 Å². The van der Waals surface area contributed by atoms with Crippen molar-refractivity contribution < 1.29 is 4.79 Å². The molecule has 3 heteroatoms. The topological polar surface area (TPSA) is 41.1 Å². The molecule has 0 aliphatic heterocycles. The van der Waals surface area contributed by atoms with Crippen molar-refractivity contribution in [2.75, 3.05) is 20.1 Å². The predicted octanol–water partition coefficient (Wildman–Crippen LogP) is 1.15. The number of hydrogen-bond acceptors (Lipinski definition) is 2. The van der Waals surface area contributed by atoms with Crippen LogP contribution in [0.25, 0.3) is 0 Å². The van der Waals surface area contributed by atoms with E-state index >= 15 is 0 Å². The minimum atomic E-state index is 0.201. The van der Waals surface area contributed by atoms with E-state index in [-0.39, 0.29) is 5.91 Å². The number of carbonyl (C=O) groups is 1. The maximum absolute atomic E-state index is 11.4. The van der Waals surface area contributed by atoms with Crippen LogP contribution in [0.2, 0.25) is 0 Å². The van der Waals surface area contributed by atoms with Crippen LogP contribution in [0.4, 0.5) is 0 Å². The lowest BCUT2D eigenvalue weighted by Crippen LogP contribution is -2.32. The summed E-state index contributed by atoms with van der Waals surface area (Å²) in [5, 5.41) is 6.06. The van der Waals surface area contributed by atoms with E-state index in [1.165, 1.54) is 25.7 Å². The van der Waals surface area contributed by atoms with Gasteiger partial charge in [0.25, 0.3) is 0 Å². The third-order valence-corrected chi connectivity index (χ3v) is 4.05. The van der Waals surface area contributed by atoms with Crippen molar-refractivity contribution in [1.82, 2.24) is 10.6 Å². The maximum atomic E-state index is 11.4. The van der Waals surface area contributed by atoms with Gasteiger partial charge in [0.1, 0.15) is 0 Å². The standard InChI is InChI=1S/C12H22N2O/c1-13-5-4-12(15)14-8-11-7-9-2-3-10(11)6-9/h9-11,13H,2-8H2,1H3,(H,14,15). The molecule has 0 aromatic rings. The minimum Gasteiger partial charge on any atom is -0.356 e. The lowest BCUT2D eigenvalue weighted by Gasteiger charge is -2.21. The van der Waals surface area contributed by atoms with E-state index in [1.807, 2.05) is 7.05 Å². The van der Waals surface area contributed by atoms with Crippen LogP contribution in [-0.2, 0) is 4.79 Å². The molecule has 2 saturated carbocycles. The second-order valence-electron chi connectivity index (χ2n) is 5.09. The van der Waals surface area contributed by atoms with Crippen molar-refractivity contribution in [3.63, 3.8) is 0 Å². The first-order chi connectivity index (χ1) is 7.29. The molecular weight excluding hydrogens is 188 g/mol. The summed E-state index contributed by atoms with van der Waals surface area (Å²) >= 11 is 0. The molecule has 0 heterocycles. The fourth-order valence-corrected chi connectivity index (χ4v) is 3.20. The highest BCUT2D eigenvalue weighted by Crippen LogP contribution is 2.47. The van der Waals surface area contributed by atoms with Gasteiger partial charge in [-0.25, -0.2) is 0 Å². The van der Waals surface area contributed by atoms with Gasteiger partial charge in [-0.3, -0.25) is 4.79 Å². The van der Waals surface area contributed by atoms with Gasteiger partial charge in [0.15, 0.2) is 0 Å². The lowest BCUT2D eigenvalue weighted by atomic mass is 9.89. The third-order valence-electron chi connectivity index (χ3n) is 4.05. The number of hydrogen-bond donors (Lipinski definition) is 2. The summed E-state index contributed by atoms with van der Waals surface area (Å²) in [6.07, 6.45) is 6.24. The molecule has 3 atom stereocenters. The monoisotopic (exact) mass is 210 g/mol. The Morgan fingerprint density at radius 2 is 2.20 bits per heavy atom. The molecule has 86 valence electrons. The Labute approximate surface area is 92.0 Å². The highest BCUT2D eigenvalue weighted by molar-refractivity contribution is 5.76. The van der Waals surface area contributed by atoms with E-state index in [0.29, 0.717) is 6.42 Å². The van der Waals surface area contributed by atoms with Crippen molar-refractivity contribution >= 4 is 5.91 Å². The number of nitrogens with one attached hydrogen (secondary N) is 2. The van der Waals surface area contributed by atoms with Crippen LogP contribution in [0.15, 0.2) is 0 Å². The van der Waals surface area contributed by atoms with E-state index in [0.717, 1.165) is 30.8 Å². The van der Waals surface area contributed by atoms with E-state index in [4.69, 9.17) is 0 Å². The van der Waals surface area contributed by atoms with Crippen molar-refractivity contribution in [3.8, 4) is 0 Å². The summed E-state index contributed by atoms with van der Waals surface area (Å²) in [4.78, 5) is 11.4. The first kappa shape index (κ1) is 10.9. The van der Waals surface area contributed by atoms with E-state index in [2.05, 4.69) is 10.6 Å². The molecule has 2 bridgehead atoms. The third kappa shape index (κ3) is 2.71. The molecule has 0 radical (unpaired) electrons. The van der Waals surface area contributed by atoms with Crippen LogP contribution in [-0.4, -0.2) is 26.0 Å². The van der Waals surface area contributed by atoms with Gasteiger partial charge in [-0.1, -0.05) is 6.42 Å². The molecule has 2 N–H and O–H groups in total. The SMILES string of the molecule is CNCCC(=O)NCC1CC2CCC1C2. The number of amides is 1. The lowest BCUT2D eigenvalue weighted by molar-refractivity contribution is -0.121. The van der Waals surface area contributed by atoms with Crippen molar-refractivity contribution in [1.29, 1.82) is 0 Å². The molecule has 1 amide bonds. The maximum Gasteiger partial charge on any atom is 0.221 e. The summed E-state index contributed by atoms with van der Waals surface area (Å²) in [6.45, 7) is 1.70. The second kappa shape index (κ2) is 4.97. The van der Waals surface area contributed by atoms with Gasteiger partial charge in [0.2, 0.25) is 5.91 Å². The number of rotatable bonds is 5. The number of fused-ring (bicyclic) bond motifs is 2. The second-order valence-corrected chi connectivity index (χ2v) is 5.09. The van der Waals surface area contributed by atoms with Crippen molar-refractivity contribution in [2.45, 2.75) is 32.1 Å². The van der Waals surface area contributed by atoms with Gasteiger partial charge >= 0.3 is 0 Å². The molecule has 0 saturated heterocycles. The van der Waals surface area contributed by atoms with Gasteiger partial charge in [-0.15, -0.1) is 0 Å². The smallest absolute Gasteiger partial charge is 0.221 e. The van der Waals surface area contributed by atoms with Gasteiger partial charge in [0.05, 0.1) is 0 Å². The largest absolute Gasteiger partial charge is 0.356 e. The zero-order valence-electron chi connectivity index (χ0n) is 9.59. The molecule has 2 rings (SSSR count). The highest BCUT2D eigenvalue weighted by Gasteiger charge is 2.39. The Kier molecular flexibility index (Phi) is 3.62. The Morgan fingerprint density at radius 1 is 1.33 bits per heavy atom. The molecule has 3 unspecified atom stereocenters. The van der Waals surface area contributed by atoms with Crippen molar-refractivity contribution in [3.05, 3.63) is 0 Å². The van der Waals surface area contributed by atoms with Crippen LogP contribution < -0.4 is 10.6 Å². The van der Waals surface area contributed by atoms with Crippen LogP contribution in [0, 0.1) is 17.8 Å². The first-order valence-corrected chi connectivity index (χ1v) is 6.21. The summed E-state index contributed by atoms with van der Waals surface area (Å²) in [5.74, 6) is 2.88. The summed E-state index contributed by atoms with van der Waals surface area (Å²) in [5.41, 5.74) is 0. The van der Waals surface area contributed by atoms with Crippen LogP contribution in [0.5, 0.6) is 0 Å². The first-order valence-electron chi connectivity index (χ1n) is 6.21. The average molecular weight is 210 g/mol. The zero-order valence-corrected chi connectivity index (χ0v) is 9.59. The fourth-order valence-electron chi connectivity index (χ4n) is 3.20. The Bertz CT molecular complexity index is 230. The van der Waals surface area contributed by atoms with Gasteiger partial charge in [-0.05, 0) is 44.1 Å². The molecule has 2 aliphatic carbocycles.